The van der Waals surface area contributed by atoms with E-state index in [1.54, 1.807) is 0 Å². The minimum Gasteiger partial charge on any atom is -0.369 e. The summed E-state index contributed by atoms with van der Waals surface area (Å²) in [7, 11) is 2.02. The Morgan fingerprint density at radius 3 is 2.44 bits per heavy atom. The van der Waals surface area contributed by atoms with Crippen LogP contribution in [0.4, 0.5) is 0 Å². The summed E-state index contributed by atoms with van der Waals surface area (Å²) in [6, 6.07) is 0.593. The van der Waals surface area contributed by atoms with Gasteiger partial charge in [0.1, 0.15) is 0 Å². The third-order valence-corrected chi connectivity index (χ3v) is 3.81. The van der Waals surface area contributed by atoms with E-state index < -0.39 is 0 Å². The van der Waals surface area contributed by atoms with Gasteiger partial charge in [-0.1, -0.05) is 6.92 Å². The number of nitrogens with one attached hydrogen (secondary N) is 1. The lowest BCUT2D eigenvalue weighted by Gasteiger charge is -2.35. The summed E-state index contributed by atoms with van der Waals surface area (Å²) in [6.07, 6.45) is 2.43. The maximum Gasteiger partial charge on any atom is 0.221 e. The lowest BCUT2D eigenvalue weighted by Crippen LogP contribution is -2.43. The first-order valence-electron chi connectivity index (χ1n) is 6.23. The van der Waals surface area contributed by atoms with Crippen molar-refractivity contribution in [1.82, 2.24) is 10.2 Å². The number of piperidine rings is 1. The van der Waals surface area contributed by atoms with Crippen molar-refractivity contribution in [3.8, 4) is 0 Å². The quantitative estimate of drug-likeness (QED) is 0.716. The zero-order valence-electron chi connectivity index (χ0n) is 10.7. The molecule has 0 aliphatic carbocycles. The molecule has 16 heavy (non-hydrogen) atoms. The molecule has 0 aromatic rings. The summed E-state index contributed by atoms with van der Waals surface area (Å²) in [5.41, 5.74) is 5.27. The van der Waals surface area contributed by atoms with Crippen molar-refractivity contribution < 1.29 is 4.79 Å². The van der Waals surface area contributed by atoms with Crippen molar-refractivity contribution in [1.29, 1.82) is 0 Å². The van der Waals surface area contributed by atoms with Crippen LogP contribution in [-0.2, 0) is 4.79 Å². The van der Waals surface area contributed by atoms with Gasteiger partial charge >= 0.3 is 0 Å². The Balaban J connectivity index is 2.29. The normalized spacial score (nSPS) is 22.9. The van der Waals surface area contributed by atoms with E-state index >= 15 is 0 Å². The summed E-state index contributed by atoms with van der Waals surface area (Å²) >= 11 is 0. The first kappa shape index (κ1) is 13.5. The van der Waals surface area contributed by atoms with E-state index in [1.165, 1.54) is 12.8 Å². The molecule has 94 valence electrons. The predicted octanol–water partition coefficient (Wildman–Crippen LogP) is 0.428. The number of hydrogen-bond acceptors (Lipinski definition) is 3. The fourth-order valence-electron chi connectivity index (χ4n) is 2.35. The fourth-order valence-corrected chi connectivity index (χ4v) is 2.35. The van der Waals surface area contributed by atoms with E-state index in [9.17, 15) is 4.79 Å². The first-order chi connectivity index (χ1) is 7.54. The van der Waals surface area contributed by atoms with Gasteiger partial charge in [0.25, 0.3) is 0 Å². The van der Waals surface area contributed by atoms with Gasteiger partial charge in [-0.05, 0) is 45.8 Å². The maximum atomic E-state index is 11.0. The number of nitrogens with zero attached hydrogens (tertiary/aromatic N) is 1. The highest BCUT2D eigenvalue weighted by atomic mass is 16.1. The third kappa shape index (κ3) is 3.76. The molecule has 1 amide bonds. The second-order valence-electron chi connectivity index (χ2n) is 5.02. The van der Waals surface area contributed by atoms with E-state index in [0.717, 1.165) is 25.6 Å². The zero-order chi connectivity index (χ0) is 12.1. The summed E-state index contributed by atoms with van der Waals surface area (Å²) in [4.78, 5) is 13.3. The van der Waals surface area contributed by atoms with Crippen molar-refractivity contribution in [3.63, 3.8) is 0 Å². The van der Waals surface area contributed by atoms with E-state index in [4.69, 9.17) is 5.73 Å². The number of hydrogen-bond donors (Lipinski definition) is 2. The highest BCUT2D eigenvalue weighted by molar-refractivity contribution is 5.76. The lowest BCUT2D eigenvalue weighted by molar-refractivity contribution is -0.122. The molecule has 0 saturated carbocycles. The van der Waals surface area contributed by atoms with Gasteiger partial charge in [0.05, 0.1) is 0 Å². The second-order valence-corrected chi connectivity index (χ2v) is 5.02. The first-order valence-corrected chi connectivity index (χ1v) is 6.23. The minimum atomic E-state index is -0.189. The van der Waals surface area contributed by atoms with Gasteiger partial charge in [-0.25, -0.2) is 0 Å². The van der Waals surface area contributed by atoms with Gasteiger partial charge in [-0.15, -0.1) is 0 Å². The van der Waals surface area contributed by atoms with Crippen LogP contribution in [-0.4, -0.2) is 43.5 Å². The van der Waals surface area contributed by atoms with Crippen molar-refractivity contribution in [2.75, 3.05) is 26.7 Å². The molecule has 0 spiro atoms. The fraction of sp³-hybridized carbons (Fsp3) is 0.917. The van der Waals surface area contributed by atoms with Gasteiger partial charge in [0.15, 0.2) is 0 Å². The molecule has 1 fully saturated rings. The molecule has 1 saturated heterocycles. The zero-order valence-corrected chi connectivity index (χ0v) is 10.7. The molecule has 1 aliphatic rings. The van der Waals surface area contributed by atoms with Crippen molar-refractivity contribution in [2.45, 2.75) is 32.7 Å². The predicted molar refractivity (Wildman–Crippen MR) is 66.0 cm³/mol. The van der Waals surface area contributed by atoms with Gasteiger partial charge in [-0.3, -0.25) is 4.79 Å². The van der Waals surface area contributed by atoms with Crippen LogP contribution < -0.4 is 11.1 Å². The molecule has 4 heteroatoms. The third-order valence-electron chi connectivity index (χ3n) is 3.81. The summed E-state index contributed by atoms with van der Waals surface area (Å²) < 4.78 is 0. The number of primary amides is 1. The molecule has 1 aliphatic heterocycles. The number of carbonyl (C=O) groups is 1. The maximum absolute atomic E-state index is 11.0. The smallest absolute Gasteiger partial charge is 0.221 e. The highest BCUT2D eigenvalue weighted by Gasteiger charge is 2.24. The average Bonchev–Trinajstić information content (AvgIpc) is 2.28. The molecule has 0 bridgehead atoms. The summed E-state index contributed by atoms with van der Waals surface area (Å²) in [6.45, 7) is 7.15. The number of likely N-dealkylation sites (tertiary alicyclic amines) is 1. The Morgan fingerprint density at radius 1 is 1.44 bits per heavy atom. The van der Waals surface area contributed by atoms with Gasteiger partial charge in [0, 0.05) is 18.5 Å². The molecule has 2 atom stereocenters. The molecule has 2 unspecified atom stereocenters. The van der Waals surface area contributed by atoms with Crippen LogP contribution >= 0.6 is 0 Å². The Morgan fingerprint density at radius 2 is 2.00 bits per heavy atom. The van der Waals surface area contributed by atoms with Crippen molar-refractivity contribution in [3.05, 3.63) is 0 Å². The van der Waals surface area contributed by atoms with Crippen molar-refractivity contribution in [2.24, 2.45) is 17.6 Å². The average molecular weight is 227 g/mol. The minimum absolute atomic E-state index is 0.0294. The molecule has 1 heterocycles. The summed E-state index contributed by atoms with van der Waals surface area (Å²) in [5, 5.41) is 3.32. The Hall–Kier alpha value is -0.610. The van der Waals surface area contributed by atoms with Crippen LogP contribution in [0, 0.1) is 11.8 Å². The number of rotatable bonds is 5. The largest absolute Gasteiger partial charge is 0.369 e. The topological polar surface area (TPSA) is 58.4 Å². The molecule has 0 radical (unpaired) electrons. The number of carbonyl (C=O) groups excluding carboxylic acids is 1. The molecule has 4 nitrogen and oxygen atoms in total. The molecular formula is C12H25N3O. The van der Waals surface area contributed by atoms with Gasteiger partial charge in [-0.2, -0.15) is 0 Å². The van der Waals surface area contributed by atoms with Crippen LogP contribution in [0.2, 0.25) is 0 Å². The van der Waals surface area contributed by atoms with Crippen LogP contribution in [0.25, 0.3) is 0 Å². The Kier molecular flexibility index (Phi) is 5.22. The SMILES string of the molecule is CNC(C)C1CCN(CC(C)C(N)=O)CC1. The monoisotopic (exact) mass is 227 g/mol. The Bertz CT molecular complexity index is 224. The number of amides is 1. The molecule has 0 aromatic heterocycles. The molecule has 1 rings (SSSR count). The summed E-state index contributed by atoms with van der Waals surface area (Å²) in [5.74, 6) is 0.550. The van der Waals surface area contributed by atoms with E-state index in [-0.39, 0.29) is 11.8 Å². The molecule has 3 N–H and O–H groups in total. The lowest BCUT2D eigenvalue weighted by atomic mass is 9.90. The second kappa shape index (κ2) is 6.21. The Labute approximate surface area is 98.6 Å². The van der Waals surface area contributed by atoms with Crippen molar-refractivity contribution >= 4 is 5.91 Å². The van der Waals surface area contributed by atoms with Crippen LogP contribution in [0.15, 0.2) is 0 Å². The van der Waals surface area contributed by atoms with Gasteiger partial charge in [0.2, 0.25) is 5.91 Å². The van der Waals surface area contributed by atoms with E-state index in [2.05, 4.69) is 17.1 Å². The van der Waals surface area contributed by atoms with Crippen LogP contribution in [0.3, 0.4) is 0 Å². The highest BCUT2D eigenvalue weighted by Crippen LogP contribution is 2.20. The van der Waals surface area contributed by atoms with Gasteiger partial charge < -0.3 is 16.0 Å². The molecule has 0 aromatic carbocycles. The van der Waals surface area contributed by atoms with Crippen LogP contribution in [0.1, 0.15) is 26.7 Å². The van der Waals surface area contributed by atoms with E-state index in [1.807, 2.05) is 14.0 Å². The van der Waals surface area contributed by atoms with Crippen LogP contribution in [0.5, 0.6) is 0 Å². The van der Waals surface area contributed by atoms with E-state index in [0.29, 0.717) is 6.04 Å². The molecular weight excluding hydrogens is 202 g/mol. The standard InChI is InChI=1S/C12H25N3O/c1-9(12(13)16)8-15-6-4-11(5-7-15)10(2)14-3/h9-11,14H,4-8H2,1-3H3,(H2,13,16). The number of nitrogens with two attached hydrogens (primary N) is 1.